The molecular formula is C10H14N4O3. The van der Waals surface area contributed by atoms with Crippen LogP contribution < -0.4 is 9.64 Å². The molecule has 0 atom stereocenters. The molecule has 2 aliphatic rings. The Morgan fingerprint density at radius 2 is 2.00 bits per heavy atom. The summed E-state index contributed by atoms with van der Waals surface area (Å²) in [6, 6.07) is 0.370. The Labute approximate surface area is 98.7 Å². The van der Waals surface area contributed by atoms with E-state index in [2.05, 4.69) is 19.9 Å². The summed E-state index contributed by atoms with van der Waals surface area (Å²) in [5.41, 5.74) is 0. The van der Waals surface area contributed by atoms with Crippen molar-refractivity contribution >= 4 is 5.95 Å². The molecule has 0 aliphatic carbocycles. The number of hydrogen-bond acceptors (Lipinski definition) is 7. The Hall–Kier alpha value is -1.47. The Kier molecular flexibility index (Phi) is 3.02. The summed E-state index contributed by atoms with van der Waals surface area (Å²) in [6.07, 6.45) is 1.56. The summed E-state index contributed by atoms with van der Waals surface area (Å²) in [7, 11) is 0. The van der Waals surface area contributed by atoms with Gasteiger partial charge in [-0.2, -0.15) is 9.97 Å². The van der Waals surface area contributed by atoms with Gasteiger partial charge in [0.25, 0.3) is 0 Å². The molecule has 92 valence electrons. The van der Waals surface area contributed by atoms with Crippen LogP contribution in [0.25, 0.3) is 0 Å². The van der Waals surface area contributed by atoms with Gasteiger partial charge in [-0.1, -0.05) is 0 Å². The van der Waals surface area contributed by atoms with Crippen LogP contribution in [0.2, 0.25) is 0 Å². The maximum absolute atomic E-state index is 5.54. The number of ether oxygens (including phenoxy) is 3. The first-order valence-corrected chi connectivity index (χ1v) is 5.68. The maximum atomic E-state index is 5.54. The highest BCUT2D eigenvalue weighted by Crippen LogP contribution is 2.14. The predicted octanol–water partition coefficient (Wildman–Crippen LogP) is -0.514. The van der Waals surface area contributed by atoms with Crippen LogP contribution in [0.15, 0.2) is 6.33 Å². The number of anilines is 1. The first-order valence-electron chi connectivity index (χ1n) is 5.68. The quantitative estimate of drug-likeness (QED) is 0.702. The van der Waals surface area contributed by atoms with E-state index in [1.165, 1.54) is 6.33 Å². The Morgan fingerprint density at radius 3 is 2.71 bits per heavy atom. The lowest BCUT2D eigenvalue weighted by atomic mass is 10.3. The smallest absolute Gasteiger partial charge is 0.321 e. The highest BCUT2D eigenvalue weighted by molar-refractivity contribution is 5.29. The predicted molar refractivity (Wildman–Crippen MR) is 58.1 cm³/mol. The molecule has 1 aromatic rings. The van der Waals surface area contributed by atoms with Crippen molar-refractivity contribution in [3.63, 3.8) is 0 Å². The van der Waals surface area contributed by atoms with Crippen molar-refractivity contribution < 1.29 is 14.2 Å². The van der Waals surface area contributed by atoms with Crippen LogP contribution in [0.5, 0.6) is 6.01 Å². The molecule has 0 spiro atoms. The first kappa shape index (κ1) is 10.7. The van der Waals surface area contributed by atoms with E-state index < -0.39 is 0 Å². The minimum absolute atomic E-state index is 0.0786. The first-order chi connectivity index (χ1) is 8.42. The second kappa shape index (κ2) is 4.80. The highest BCUT2D eigenvalue weighted by Gasteiger charge is 2.22. The van der Waals surface area contributed by atoms with Gasteiger partial charge in [0, 0.05) is 13.1 Å². The van der Waals surface area contributed by atoms with Gasteiger partial charge in [0.05, 0.1) is 26.4 Å². The van der Waals surface area contributed by atoms with E-state index in [-0.39, 0.29) is 6.10 Å². The van der Waals surface area contributed by atoms with Gasteiger partial charge >= 0.3 is 6.01 Å². The minimum Gasteiger partial charge on any atom is -0.455 e. The van der Waals surface area contributed by atoms with Crippen LogP contribution in [0, 0.1) is 0 Å². The van der Waals surface area contributed by atoms with Crippen LogP contribution in [-0.2, 0) is 9.47 Å². The summed E-state index contributed by atoms with van der Waals surface area (Å²) in [6.45, 7) is 4.24. The van der Waals surface area contributed by atoms with Gasteiger partial charge in [0.15, 0.2) is 0 Å². The fourth-order valence-corrected chi connectivity index (χ4v) is 1.68. The van der Waals surface area contributed by atoms with Gasteiger partial charge in [-0.3, -0.25) is 0 Å². The lowest BCUT2D eigenvalue weighted by Gasteiger charge is -2.28. The Morgan fingerprint density at radius 1 is 1.18 bits per heavy atom. The molecule has 2 aliphatic heterocycles. The van der Waals surface area contributed by atoms with E-state index in [4.69, 9.17) is 14.2 Å². The average Bonchev–Trinajstić information content (AvgIpc) is 2.35. The van der Waals surface area contributed by atoms with Gasteiger partial charge in [-0.25, -0.2) is 4.98 Å². The van der Waals surface area contributed by atoms with E-state index in [1.54, 1.807) is 0 Å². The van der Waals surface area contributed by atoms with Gasteiger partial charge in [-0.05, 0) is 0 Å². The van der Waals surface area contributed by atoms with Gasteiger partial charge < -0.3 is 19.1 Å². The second-order valence-electron chi connectivity index (χ2n) is 3.94. The zero-order chi connectivity index (χ0) is 11.5. The molecule has 1 aromatic heterocycles. The molecule has 7 heteroatoms. The van der Waals surface area contributed by atoms with E-state index in [9.17, 15) is 0 Å². The van der Waals surface area contributed by atoms with Crippen LogP contribution in [-0.4, -0.2) is 60.6 Å². The summed E-state index contributed by atoms with van der Waals surface area (Å²) in [5.74, 6) is 0.651. The number of morpholine rings is 1. The third-order valence-electron chi connectivity index (χ3n) is 2.71. The third kappa shape index (κ3) is 2.45. The van der Waals surface area contributed by atoms with E-state index in [1.807, 2.05) is 0 Å². The molecular weight excluding hydrogens is 224 g/mol. The average molecular weight is 238 g/mol. The number of nitrogens with zero attached hydrogens (tertiary/aromatic N) is 4. The molecule has 0 amide bonds. The number of hydrogen-bond donors (Lipinski definition) is 0. The largest absolute Gasteiger partial charge is 0.455 e. The summed E-state index contributed by atoms with van der Waals surface area (Å²) >= 11 is 0. The molecule has 3 rings (SSSR count). The van der Waals surface area contributed by atoms with Gasteiger partial charge in [0.1, 0.15) is 12.4 Å². The lowest BCUT2D eigenvalue weighted by molar-refractivity contribution is -0.0831. The van der Waals surface area contributed by atoms with E-state index >= 15 is 0 Å². The third-order valence-corrected chi connectivity index (χ3v) is 2.71. The second-order valence-corrected chi connectivity index (χ2v) is 3.94. The molecule has 17 heavy (non-hydrogen) atoms. The van der Waals surface area contributed by atoms with Crippen LogP contribution in [0.4, 0.5) is 5.95 Å². The molecule has 0 unspecified atom stereocenters. The van der Waals surface area contributed by atoms with Crippen LogP contribution in [0.1, 0.15) is 0 Å². The van der Waals surface area contributed by atoms with Crippen molar-refractivity contribution in [2.75, 3.05) is 44.4 Å². The van der Waals surface area contributed by atoms with Crippen molar-refractivity contribution in [3.8, 4) is 6.01 Å². The van der Waals surface area contributed by atoms with Crippen molar-refractivity contribution in [1.29, 1.82) is 0 Å². The molecule has 2 saturated heterocycles. The summed E-state index contributed by atoms with van der Waals surface area (Å²) in [5, 5.41) is 0. The molecule has 0 saturated carbocycles. The molecule has 7 nitrogen and oxygen atoms in total. The molecule has 0 N–H and O–H groups in total. The topological polar surface area (TPSA) is 69.6 Å². The van der Waals surface area contributed by atoms with Crippen molar-refractivity contribution in [1.82, 2.24) is 15.0 Å². The molecule has 2 fully saturated rings. The zero-order valence-electron chi connectivity index (χ0n) is 9.41. The number of rotatable bonds is 3. The van der Waals surface area contributed by atoms with Gasteiger partial charge in [0.2, 0.25) is 5.95 Å². The minimum atomic E-state index is 0.0786. The maximum Gasteiger partial charge on any atom is 0.321 e. The van der Waals surface area contributed by atoms with E-state index in [0.717, 1.165) is 13.1 Å². The van der Waals surface area contributed by atoms with Crippen molar-refractivity contribution in [2.45, 2.75) is 6.10 Å². The lowest BCUT2D eigenvalue weighted by Crippen LogP contribution is -2.40. The fourth-order valence-electron chi connectivity index (χ4n) is 1.68. The fraction of sp³-hybridized carbons (Fsp3) is 0.700. The molecule has 0 aromatic carbocycles. The van der Waals surface area contributed by atoms with Crippen LogP contribution >= 0.6 is 0 Å². The Bertz CT molecular complexity index is 380. The van der Waals surface area contributed by atoms with Crippen molar-refractivity contribution in [3.05, 3.63) is 6.33 Å². The van der Waals surface area contributed by atoms with Gasteiger partial charge in [-0.15, -0.1) is 0 Å². The zero-order valence-corrected chi connectivity index (χ0v) is 9.41. The van der Waals surface area contributed by atoms with Crippen molar-refractivity contribution in [2.24, 2.45) is 0 Å². The summed E-state index contributed by atoms with van der Waals surface area (Å²) < 4.78 is 15.8. The standard InChI is InChI=1S/C10H14N4O3/c1-3-15-4-2-14(1)9-11-7-12-10(13-9)17-8-5-16-6-8/h7-8H,1-6H2. The van der Waals surface area contributed by atoms with E-state index in [0.29, 0.717) is 38.4 Å². The molecule has 0 radical (unpaired) electrons. The monoisotopic (exact) mass is 238 g/mol. The number of aromatic nitrogens is 3. The summed E-state index contributed by atoms with van der Waals surface area (Å²) in [4.78, 5) is 14.5. The normalized spacial score (nSPS) is 21.1. The van der Waals surface area contributed by atoms with Crippen LogP contribution in [0.3, 0.4) is 0 Å². The highest BCUT2D eigenvalue weighted by atomic mass is 16.6. The SMILES string of the molecule is c1nc(OC2COC2)nc(N2CCOCC2)n1. The molecule has 3 heterocycles. The molecule has 0 bridgehead atoms. The Balaban J connectivity index is 1.68.